The second kappa shape index (κ2) is 3.76. The minimum atomic E-state index is -0.220. The van der Waals surface area contributed by atoms with E-state index in [1.54, 1.807) is 0 Å². The lowest BCUT2D eigenvalue weighted by molar-refractivity contribution is 0.922. The Bertz CT molecular complexity index is 26.7. The lowest BCUT2D eigenvalue weighted by atomic mass is 10.4. The maximum absolute atomic E-state index is 5.30. The Morgan fingerprint density at radius 2 is 2.00 bits per heavy atom. The Kier molecular flexibility index (Phi) is 4.12. The van der Waals surface area contributed by atoms with Crippen molar-refractivity contribution in [1.29, 1.82) is 0 Å². The van der Waals surface area contributed by atoms with Crippen LogP contribution in [0.25, 0.3) is 0 Å². The molecule has 0 unspecified atom stereocenters. The van der Waals surface area contributed by atoms with Crippen molar-refractivity contribution in [2.75, 3.05) is 0 Å². The summed E-state index contributed by atoms with van der Waals surface area (Å²) in [5.74, 6) is 0. The van der Waals surface area contributed by atoms with Gasteiger partial charge in [-0.15, -0.1) is 23.2 Å². The minimum absolute atomic E-state index is 0.220. The molecule has 0 heterocycles. The van der Waals surface area contributed by atoms with Crippen molar-refractivity contribution in [3.63, 3.8) is 0 Å². The molecule has 0 amide bonds. The van der Waals surface area contributed by atoms with E-state index in [4.69, 9.17) is 23.2 Å². The van der Waals surface area contributed by atoms with Crippen molar-refractivity contribution in [2.45, 2.75) is 17.7 Å². The van der Waals surface area contributed by atoms with Crippen LogP contribution in [0.15, 0.2) is 0 Å². The molecular formula is C4H7Cl2. The van der Waals surface area contributed by atoms with Gasteiger partial charge >= 0.3 is 0 Å². The first-order chi connectivity index (χ1) is 2.77. The summed E-state index contributed by atoms with van der Waals surface area (Å²) in [6.45, 7) is 3.56. The Morgan fingerprint density at radius 1 is 1.50 bits per heavy atom. The van der Waals surface area contributed by atoms with E-state index in [1.165, 1.54) is 0 Å². The summed E-state index contributed by atoms with van der Waals surface area (Å²) in [5.41, 5.74) is 0. The van der Waals surface area contributed by atoms with Crippen molar-refractivity contribution in [2.24, 2.45) is 0 Å². The summed E-state index contributed by atoms with van der Waals surface area (Å²) in [6, 6.07) is 0. The quantitative estimate of drug-likeness (QED) is 0.498. The first-order valence-electron chi connectivity index (χ1n) is 1.84. The van der Waals surface area contributed by atoms with Gasteiger partial charge in [-0.05, 0) is 6.42 Å². The van der Waals surface area contributed by atoms with E-state index in [9.17, 15) is 0 Å². The van der Waals surface area contributed by atoms with Crippen LogP contribution in [0.4, 0.5) is 0 Å². The van der Waals surface area contributed by atoms with Crippen LogP contribution in [0.1, 0.15) is 12.8 Å². The molecule has 0 spiro atoms. The van der Waals surface area contributed by atoms with Crippen LogP contribution in [0.2, 0.25) is 0 Å². The van der Waals surface area contributed by atoms with Crippen LogP contribution >= 0.6 is 23.2 Å². The molecule has 0 fully saturated rings. The average Bonchev–Trinajstić information content (AvgIpc) is 1.35. The van der Waals surface area contributed by atoms with Gasteiger partial charge in [0.15, 0.2) is 0 Å². The fourth-order valence-electron chi connectivity index (χ4n) is 0.154. The van der Waals surface area contributed by atoms with Crippen LogP contribution in [-0.2, 0) is 0 Å². The summed E-state index contributed by atoms with van der Waals surface area (Å²) in [4.78, 5) is -0.220. The highest BCUT2D eigenvalue weighted by Gasteiger charge is 1.91. The summed E-state index contributed by atoms with van der Waals surface area (Å²) in [6.07, 6.45) is 1.61. The van der Waals surface area contributed by atoms with Gasteiger partial charge in [-0.25, -0.2) is 0 Å². The van der Waals surface area contributed by atoms with E-state index < -0.39 is 0 Å². The lowest BCUT2D eigenvalue weighted by Crippen LogP contribution is -1.81. The van der Waals surface area contributed by atoms with Gasteiger partial charge in [0.05, 0.1) is 0 Å². The highest BCUT2D eigenvalue weighted by molar-refractivity contribution is 6.44. The average molecular weight is 126 g/mol. The molecule has 0 saturated carbocycles. The molecule has 0 aromatic carbocycles. The van der Waals surface area contributed by atoms with Crippen LogP contribution in [0.3, 0.4) is 0 Å². The number of rotatable bonds is 2. The van der Waals surface area contributed by atoms with Crippen LogP contribution in [-0.4, -0.2) is 4.84 Å². The number of alkyl halides is 2. The fourth-order valence-corrected chi connectivity index (χ4v) is 0.463. The molecule has 0 rings (SSSR count). The van der Waals surface area contributed by atoms with Gasteiger partial charge < -0.3 is 0 Å². The Hall–Kier alpha value is 0.580. The van der Waals surface area contributed by atoms with Crippen molar-refractivity contribution in [1.82, 2.24) is 0 Å². The monoisotopic (exact) mass is 125 g/mol. The summed E-state index contributed by atoms with van der Waals surface area (Å²) >= 11 is 10.6. The predicted octanol–water partition coefficient (Wildman–Crippen LogP) is 2.40. The largest absolute Gasteiger partial charge is 0.107 e. The molecule has 1 radical (unpaired) electrons. The number of hydrogen-bond acceptors (Lipinski definition) is 0. The molecule has 0 aliphatic heterocycles. The van der Waals surface area contributed by atoms with Gasteiger partial charge in [0.1, 0.15) is 4.84 Å². The molecule has 0 atom stereocenters. The van der Waals surface area contributed by atoms with Gasteiger partial charge in [0.25, 0.3) is 0 Å². The van der Waals surface area contributed by atoms with E-state index in [-0.39, 0.29) is 4.84 Å². The lowest BCUT2D eigenvalue weighted by Gasteiger charge is -1.90. The molecule has 0 N–H and O–H groups in total. The van der Waals surface area contributed by atoms with E-state index in [1.807, 2.05) is 0 Å². The van der Waals surface area contributed by atoms with E-state index >= 15 is 0 Å². The predicted molar refractivity (Wildman–Crippen MR) is 30.1 cm³/mol. The fraction of sp³-hybridized carbons (Fsp3) is 0.750. The molecule has 6 heavy (non-hydrogen) atoms. The molecule has 0 aromatic heterocycles. The smallest absolute Gasteiger partial charge is 0.105 e. The molecule has 2 heteroatoms. The zero-order chi connectivity index (χ0) is 4.99. The maximum atomic E-state index is 5.30. The first kappa shape index (κ1) is 6.58. The molecule has 0 bridgehead atoms. The second-order valence-electron chi connectivity index (χ2n) is 1.03. The molecule has 0 saturated heterocycles. The Morgan fingerprint density at radius 3 is 2.00 bits per heavy atom. The second-order valence-corrected chi connectivity index (χ2v) is 2.31. The van der Waals surface area contributed by atoms with Gasteiger partial charge in [0.2, 0.25) is 0 Å². The van der Waals surface area contributed by atoms with E-state index in [0.29, 0.717) is 0 Å². The standard InChI is InChI=1S/C4H7Cl2/c1-2-3-4(5)6/h4H,1-3H2. The molecule has 0 aliphatic rings. The van der Waals surface area contributed by atoms with Crippen LogP contribution < -0.4 is 0 Å². The first-order valence-corrected chi connectivity index (χ1v) is 2.72. The van der Waals surface area contributed by atoms with Gasteiger partial charge in [-0.2, -0.15) is 0 Å². The van der Waals surface area contributed by atoms with E-state index in [0.717, 1.165) is 12.8 Å². The normalized spacial score (nSPS) is 10.0. The Labute approximate surface area is 48.4 Å². The van der Waals surface area contributed by atoms with Gasteiger partial charge in [-0.3, -0.25) is 0 Å². The molecule has 37 valence electrons. The third-order valence-electron chi connectivity index (χ3n) is 0.422. The molecular weight excluding hydrogens is 119 g/mol. The Balaban J connectivity index is 2.63. The number of halogens is 2. The van der Waals surface area contributed by atoms with Crippen molar-refractivity contribution in [3.8, 4) is 0 Å². The summed E-state index contributed by atoms with van der Waals surface area (Å²) in [5, 5.41) is 0. The van der Waals surface area contributed by atoms with Gasteiger partial charge in [0, 0.05) is 0 Å². The highest BCUT2D eigenvalue weighted by Crippen LogP contribution is 2.07. The third kappa shape index (κ3) is 4.58. The molecule has 0 nitrogen and oxygen atoms in total. The zero-order valence-electron chi connectivity index (χ0n) is 3.45. The topological polar surface area (TPSA) is 0 Å². The number of hydrogen-bond donors (Lipinski definition) is 0. The molecule has 0 aromatic rings. The van der Waals surface area contributed by atoms with Crippen molar-refractivity contribution in [3.05, 3.63) is 6.92 Å². The SMILES string of the molecule is [CH2]CCC(Cl)Cl. The summed E-state index contributed by atoms with van der Waals surface area (Å²) < 4.78 is 0. The minimum Gasteiger partial charge on any atom is -0.105 e. The maximum Gasteiger partial charge on any atom is 0.107 e. The van der Waals surface area contributed by atoms with Crippen molar-refractivity contribution < 1.29 is 0 Å². The van der Waals surface area contributed by atoms with Crippen LogP contribution in [0, 0.1) is 6.92 Å². The van der Waals surface area contributed by atoms with Crippen molar-refractivity contribution >= 4 is 23.2 Å². The van der Waals surface area contributed by atoms with Gasteiger partial charge in [-0.1, -0.05) is 13.3 Å². The summed E-state index contributed by atoms with van der Waals surface area (Å²) in [7, 11) is 0. The zero-order valence-corrected chi connectivity index (χ0v) is 4.97. The highest BCUT2D eigenvalue weighted by atomic mass is 35.5. The van der Waals surface area contributed by atoms with E-state index in [2.05, 4.69) is 6.92 Å². The molecule has 0 aliphatic carbocycles. The third-order valence-corrected chi connectivity index (χ3v) is 0.859. The van der Waals surface area contributed by atoms with Crippen LogP contribution in [0.5, 0.6) is 0 Å².